The highest BCUT2D eigenvalue weighted by Crippen LogP contribution is 2.43. The Labute approximate surface area is 214 Å². The highest BCUT2D eigenvalue weighted by molar-refractivity contribution is 6.78. The molecule has 0 unspecified atom stereocenters. The highest BCUT2D eigenvalue weighted by atomic mass is 28.4. The van der Waals surface area contributed by atoms with Gasteiger partial charge in [0.1, 0.15) is 29.1 Å². The first kappa shape index (κ1) is 26.4. The van der Waals surface area contributed by atoms with E-state index in [2.05, 4.69) is 41.5 Å². The third kappa shape index (κ3) is 4.71. The van der Waals surface area contributed by atoms with Crippen molar-refractivity contribution < 1.29 is 18.3 Å². The van der Waals surface area contributed by atoms with E-state index in [9.17, 15) is 14.3 Å². The van der Waals surface area contributed by atoms with Gasteiger partial charge in [-0.1, -0.05) is 53.7 Å². The SMILES string of the molecule is CC(C)[Si](Oc1ccc2c(=O)c(N3CCC(O)(c4ccc(F)cc4)CC3)coc2c1)(C(C)C)C(C)C. The molecule has 1 fully saturated rings. The Morgan fingerprint density at radius 3 is 2.11 bits per heavy atom. The van der Waals surface area contributed by atoms with Crippen LogP contribution in [0.25, 0.3) is 11.0 Å². The molecule has 0 amide bonds. The molecule has 4 rings (SSSR count). The van der Waals surface area contributed by atoms with Crippen LogP contribution < -0.4 is 14.8 Å². The second-order valence-electron chi connectivity index (χ2n) is 11.1. The number of hydrogen-bond donors (Lipinski definition) is 1. The largest absolute Gasteiger partial charge is 0.543 e. The number of fused-ring (bicyclic) bond motifs is 1. The van der Waals surface area contributed by atoms with Gasteiger partial charge < -0.3 is 18.8 Å². The monoisotopic (exact) mass is 511 g/mol. The fourth-order valence-electron chi connectivity index (χ4n) is 6.10. The minimum absolute atomic E-state index is 0.0879. The molecule has 0 atom stereocenters. The van der Waals surface area contributed by atoms with Crippen molar-refractivity contribution in [2.75, 3.05) is 18.0 Å². The van der Waals surface area contributed by atoms with Crippen LogP contribution in [0.15, 0.2) is 57.9 Å². The maximum absolute atomic E-state index is 13.4. The van der Waals surface area contributed by atoms with Crippen molar-refractivity contribution in [3.05, 3.63) is 70.3 Å². The first-order valence-corrected chi connectivity index (χ1v) is 15.1. The second-order valence-corrected chi connectivity index (χ2v) is 16.4. The molecule has 36 heavy (non-hydrogen) atoms. The molecular weight excluding hydrogens is 473 g/mol. The van der Waals surface area contributed by atoms with E-state index in [1.54, 1.807) is 18.2 Å². The standard InChI is InChI=1S/C29H38FNO4Si/c1-19(2)36(20(3)4,21(5)6)35-24-11-12-25-27(17-24)34-18-26(28(25)32)31-15-13-29(33,14-16-31)22-7-9-23(30)10-8-22/h7-12,17-21,33H,13-16H2,1-6H3. The zero-order valence-electron chi connectivity index (χ0n) is 22.2. The van der Waals surface area contributed by atoms with Gasteiger partial charge in [0.2, 0.25) is 5.43 Å². The summed E-state index contributed by atoms with van der Waals surface area (Å²) in [5.41, 5.74) is 1.90. The number of hydrogen-bond acceptors (Lipinski definition) is 5. The number of piperidine rings is 1. The van der Waals surface area contributed by atoms with Gasteiger partial charge in [-0.05, 0) is 59.3 Å². The predicted octanol–water partition coefficient (Wildman–Crippen LogP) is 6.97. The van der Waals surface area contributed by atoms with Gasteiger partial charge in [0, 0.05) is 19.2 Å². The Hall–Kier alpha value is -2.64. The van der Waals surface area contributed by atoms with E-state index in [0.717, 1.165) is 5.75 Å². The van der Waals surface area contributed by atoms with Crippen LogP contribution in [0, 0.1) is 5.82 Å². The third-order valence-electron chi connectivity index (χ3n) is 8.04. The Kier molecular flexibility index (Phi) is 7.35. The van der Waals surface area contributed by atoms with Crippen molar-refractivity contribution in [2.45, 2.75) is 76.6 Å². The number of benzene rings is 2. The van der Waals surface area contributed by atoms with Gasteiger partial charge in [-0.25, -0.2) is 4.39 Å². The van der Waals surface area contributed by atoms with E-state index < -0.39 is 13.9 Å². The molecule has 1 aliphatic rings. The molecule has 0 spiro atoms. The summed E-state index contributed by atoms with van der Waals surface area (Å²) in [5.74, 6) is 0.427. The summed E-state index contributed by atoms with van der Waals surface area (Å²) in [6.45, 7) is 14.5. The van der Waals surface area contributed by atoms with Crippen molar-refractivity contribution >= 4 is 25.0 Å². The van der Waals surface area contributed by atoms with Crippen LogP contribution in [-0.2, 0) is 5.60 Å². The predicted molar refractivity (Wildman–Crippen MR) is 146 cm³/mol. The normalized spacial score (nSPS) is 16.4. The fourth-order valence-corrected chi connectivity index (χ4v) is 11.3. The minimum atomic E-state index is -2.12. The molecule has 0 radical (unpaired) electrons. The third-order valence-corrected chi connectivity index (χ3v) is 14.0. The molecule has 1 aromatic heterocycles. The van der Waals surface area contributed by atoms with Crippen molar-refractivity contribution in [3.8, 4) is 5.75 Å². The number of nitrogens with zero attached hydrogens (tertiary/aromatic N) is 1. The van der Waals surface area contributed by atoms with E-state index in [-0.39, 0.29) is 11.2 Å². The van der Waals surface area contributed by atoms with E-state index in [0.29, 0.717) is 64.8 Å². The molecule has 5 nitrogen and oxygen atoms in total. The fraction of sp³-hybridized carbons (Fsp3) is 0.483. The average Bonchev–Trinajstić information content (AvgIpc) is 2.83. The van der Waals surface area contributed by atoms with Gasteiger partial charge in [0.05, 0.1) is 11.0 Å². The maximum Gasteiger partial charge on any atom is 0.258 e. The van der Waals surface area contributed by atoms with E-state index >= 15 is 0 Å². The molecule has 0 saturated carbocycles. The number of aliphatic hydroxyl groups is 1. The molecule has 1 aliphatic heterocycles. The zero-order valence-corrected chi connectivity index (χ0v) is 23.2. The average molecular weight is 512 g/mol. The Balaban J connectivity index is 1.57. The summed E-state index contributed by atoms with van der Waals surface area (Å²) in [5, 5.41) is 11.6. The summed E-state index contributed by atoms with van der Waals surface area (Å²) in [7, 11) is -2.12. The lowest BCUT2D eigenvalue weighted by Gasteiger charge is -2.42. The van der Waals surface area contributed by atoms with Gasteiger partial charge in [-0.3, -0.25) is 4.79 Å². The number of anilines is 1. The van der Waals surface area contributed by atoms with E-state index in [1.165, 1.54) is 18.4 Å². The van der Waals surface area contributed by atoms with Gasteiger partial charge in [-0.15, -0.1) is 0 Å². The van der Waals surface area contributed by atoms with Crippen LogP contribution in [0.1, 0.15) is 59.9 Å². The molecular formula is C29H38FNO4Si. The van der Waals surface area contributed by atoms with Crippen LogP contribution >= 0.6 is 0 Å². The molecule has 1 saturated heterocycles. The first-order valence-electron chi connectivity index (χ1n) is 13.0. The van der Waals surface area contributed by atoms with Gasteiger partial charge in [0.25, 0.3) is 8.32 Å². The van der Waals surface area contributed by atoms with Crippen LogP contribution in [0.4, 0.5) is 10.1 Å². The minimum Gasteiger partial charge on any atom is -0.543 e. The topological polar surface area (TPSA) is 62.9 Å². The molecule has 2 aromatic carbocycles. The second kappa shape index (κ2) is 10.0. The molecule has 0 bridgehead atoms. The molecule has 3 aromatic rings. The van der Waals surface area contributed by atoms with Crippen molar-refractivity contribution in [2.24, 2.45) is 0 Å². The lowest BCUT2D eigenvalue weighted by molar-refractivity contribution is 0.0116. The molecule has 194 valence electrons. The summed E-state index contributed by atoms with van der Waals surface area (Å²) in [4.78, 5) is 15.3. The summed E-state index contributed by atoms with van der Waals surface area (Å²) in [6.07, 6.45) is 2.40. The first-order chi connectivity index (χ1) is 17.0. The number of rotatable bonds is 7. The van der Waals surface area contributed by atoms with Crippen LogP contribution in [-0.4, -0.2) is 26.5 Å². The van der Waals surface area contributed by atoms with Crippen LogP contribution in [0.5, 0.6) is 5.75 Å². The highest BCUT2D eigenvalue weighted by Gasteiger charge is 2.47. The summed E-state index contributed by atoms with van der Waals surface area (Å²) >= 11 is 0. The van der Waals surface area contributed by atoms with E-state index in [4.69, 9.17) is 8.84 Å². The lowest BCUT2D eigenvalue weighted by atomic mass is 9.84. The number of halogens is 1. The van der Waals surface area contributed by atoms with Gasteiger partial charge in [0.15, 0.2) is 0 Å². The Morgan fingerprint density at radius 1 is 0.972 bits per heavy atom. The van der Waals surface area contributed by atoms with Crippen LogP contribution in [0.3, 0.4) is 0 Å². The summed E-state index contributed by atoms with van der Waals surface area (Å²) < 4.78 is 26.0. The zero-order chi connectivity index (χ0) is 26.3. The molecule has 1 N–H and O–H groups in total. The van der Waals surface area contributed by atoms with E-state index in [1.807, 2.05) is 17.0 Å². The van der Waals surface area contributed by atoms with Crippen molar-refractivity contribution in [1.29, 1.82) is 0 Å². The van der Waals surface area contributed by atoms with Crippen molar-refractivity contribution in [3.63, 3.8) is 0 Å². The maximum atomic E-state index is 13.4. The molecule has 2 heterocycles. The van der Waals surface area contributed by atoms with Gasteiger partial charge in [-0.2, -0.15) is 0 Å². The quantitative estimate of drug-likeness (QED) is 0.347. The smallest absolute Gasteiger partial charge is 0.258 e. The van der Waals surface area contributed by atoms with Gasteiger partial charge >= 0.3 is 0 Å². The Morgan fingerprint density at radius 2 is 1.56 bits per heavy atom. The lowest BCUT2D eigenvalue weighted by Crippen LogP contribution is -2.50. The summed E-state index contributed by atoms with van der Waals surface area (Å²) in [6, 6.07) is 11.5. The molecule has 0 aliphatic carbocycles. The Bertz CT molecular complexity index is 1240. The van der Waals surface area contributed by atoms with Crippen molar-refractivity contribution in [1.82, 2.24) is 0 Å². The van der Waals surface area contributed by atoms with Crippen LogP contribution in [0.2, 0.25) is 16.6 Å². The molecule has 7 heteroatoms.